The van der Waals surface area contributed by atoms with E-state index in [4.69, 9.17) is 9.47 Å². The summed E-state index contributed by atoms with van der Waals surface area (Å²) in [4.78, 5) is 3.89. The van der Waals surface area contributed by atoms with Gasteiger partial charge >= 0.3 is 0 Å². The van der Waals surface area contributed by atoms with Gasteiger partial charge in [0.25, 0.3) is 5.92 Å². The molecule has 0 spiro atoms. The number of hydrogen-bond donors (Lipinski definition) is 1. The SMILES string of the molecule is COc1ccc(CN2CC(n3cccn3)C2)cc1OCC(O)CN1CCC(F)(F)C1. The third kappa shape index (κ3) is 5.08. The van der Waals surface area contributed by atoms with E-state index in [0.717, 1.165) is 25.2 Å². The van der Waals surface area contributed by atoms with Crippen molar-refractivity contribution in [2.45, 2.75) is 31.0 Å². The molecular weight excluding hydrogens is 394 g/mol. The van der Waals surface area contributed by atoms with Gasteiger partial charge in [0, 0.05) is 51.5 Å². The van der Waals surface area contributed by atoms with Crippen molar-refractivity contribution in [2.24, 2.45) is 0 Å². The predicted octanol–water partition coefficient (Wildman–Crippen LogP) is 2.03. The van der Waals surface area contributed by atoms with Crippen molar-refractivity contribution in [2.75, 3.05) is 46.4 Å². The second kappa shape index (κ2) is 8.87. The summed E-state index contributed by atoms with van der Waals surface area (Å²) < 4.78 is 39.7. The van der Waals surface area contributed by atoms with Crippen molar-refractivity contribution in [3.8, 4) is 11.5 Å². The Hall–Kier alpha value is -2.23. The van der Waals surface area contributed by atoms with Crippen molar-refractivity contribution in [1.29, 1.82) is 0 Å². The van der Waals surface area contributed by atoms with Crippen LogP contribution in [0.25, 0.3) is 0 Å². The zero-order valence-electron chi connectivity index (χ0n) is 17.1. The Balaban J connectivity index is 1.28. The molecule has 7 nitrogen and oxygen atoms in total. The maximum atomic E-state index is 13.3. The van der Waals surface area contributed by atoms with Gasteiger partial charge in [-0.05, 0) is 23.8 Å². The van der Waals surface area contributed by atoms with Crippen LogP contribution in [0.5, 0.6) is 11.5 Å². The Morgan fingerprint density at radius 3 is 2.77 bits per heavy atom. The lowest BCUT2D eigenvalue weighted by Crippen LogP contribution is -2.47. The van der Waals surface area contributed by atoms with Gasteiger partial charge in [-0.25, -0.2) is 8.78 Å². The number of rotatable bonds is 9. The molecule has 9 heteroatoms. The topological polar surface area (TPSA) is 63.0 Å². The van der Waals surface area contributed by atoms with Crippen molar-refractivity contribution in [3.63, 3.8) is 0 Å². The molecular formula is C21H28F2N4O3. The highest BCUT2D eigenvalue weighted by atomic mass is 19.3. The van der Waals surface area contributed by atoms with Crippen LogP contribution in [0.3, 0.4) is 0 Å². The van der Waals surface area contributed by atoms with Crippen molar-refractivity contribution < 1.29 is 23.4 Å². The summed E-state index contributed by atoms with van der Waals surface area (Å²) in [5, 5.41) is 14.5. The summed E-state index contributed by atoms with van der Waals surface area (Å²) in [6.07, 6.45) is 2.77. The zero-order valence-corrected chi connectivity index (χ0v) is 17.1. The number of aliphatic hydroxyl groups is 1. The first-order chi connectivity index (χ1) is 14.4. The Labute approximate surface area is 174 Å². The molecule has 2 aliphatic rings. The van der Waals surface area contributed by atoms with Crippen LogP contribution in [0.1, 0.15) is 18.0 Å². The molecule has 1 aromatic carbocycles. The number of hydrogen-bond acceptors (Lipinski definition) is 6. The Kier molecular flexibility index (Phi) is 6.21. The Bertz CT molecular complexity index is 828. The second-order valence-electron chi connectivity index (χ2n) is 8.13. The van der Waals surface area contributed by atoms with Crippen LogP contribution >= 0.6 is 0 Å². The third-order valence-corrected chi connectivity index (χ3v) is 5.62. The van der Waals surface area contributed by atoms with Crippen LogP contribution < -0.4 is 9.47 Å². The summed E-state index contributed by atoms with van der Waals surface area (Å²) in [7, 11) is 1.56. The minimum Gasteiger partial charge on any atom is -0.493 e. The molecule has 2 saturated heterocycles. The van der Waals surface area contributed by atoms with Gasteiger partial charge in [-0.15, -0.1) is 0 Å². The van der Waals surface area contributed by atoms with Crippen LogP contribution in [-0.2, 0) is 6.54 Å². The van der Waals surface area contributed by atoms with Crippen LogP contribution in [0.4, 0.5) is 8.78 Å². The summed E-state index contributed by atoms with van der Waals surface area (Å²) in [5.41, 5.74) is 1.08. The number of ether oxygens (including phenoxy) is 2. The van der Waals surface area contributed by atoms with Crippen molar-refractivity contribution >= 4 is 0 Å². The van der Waals surface area contributed by atoms with Gasteiger partial charge in [-0.3, -0.25) is 14.5 Å². The zero-order chi connectivity index (χ0) is 21.1. The number of aliphatic hydroxyl groups excluding tert-OH is 1. The number of likely N-dealkylation sites (tertiary alicyclic amines) is 2. The summed E-state index contributed by atoms with van der Waals surface area (Å²) in [6, 6.07) is 8.09. The lowest BCUT2D eigenvalue weighted by atomic mass is 10.1. The second-order valence-corrected chi connectivity index (χ2v) is 8.13. The highest BCUT2D eigenvalue weighted by molar-refractivity contribution is 5.43. The van der Waals surface area contributed by atoms with E-state index < -0.39 is 12.0 Å². The first-order valence-corrected chi connectivity index (χ1v) is 10.2. The Morgan fingerprint density at radius 2 is 2.10 bits per heavy atom. The number of methoxy groups -OCH3 is 1. The molecule has 0 aliphatic carbocycles. The number of nitrogens with zero attached hydrogens (tertiary/aromatic N) is 4. The van der Waals surface area contributed by atoms with E-state index in [1.165, 1.54) is 0 Å². The predicted molar refractivity (Wildman–Crippen MR) is 107 cm³/mol. The molecule has 1 atom stereocenters. The van der Waals surface area contributed by atoms with Crippen LogP contribution in [-0.4, -0.2) is 83.2 Å². The van der Waals surface area contributed by atoms with Crippen LogP contribution in [0, 0.1) is 0 Å². The molecule has 3 heterocycles. The molecule has 0 amide bonds. The molecule has 1 unspecified atom stereocenters. The number of benzene rings is 1. The first-order valence-electron chi connectivity index (χ1n) is 10.2. The fraction of sp³-hybridized carbons (Fsp3) is 0.571. The van der Waals surface area contributed by atoms with Gasteiger partial charge in [0.15, 0.2) is 11.5 Å². The molecule has 4 rings (SSSR count). The number of β-amino-alcohol motifs (C(OH)–C–C–N with tert-alkyl or cyclic N) is 1. The third-order valence-electron chi connectivity index (χ3n) is 5.62. The van der Waals surface area contributed by atoms with E-state index in [1.807, 2.05) is 35.1 Å². The number of halogens is 2. The fourth-order valence-electron chi connectivity index (χ4n) is 4.03. The molecule has 30 heavy (non-hydrogen) atoms. The molecule has 2 fully saturated rings. The molecule has 0 bridgehead atoms. The molecule has 2 aromatic rings. The largest absolute Gasteiger partial charge is 0.493 e. The monoisotopic (exact) mass is 422 g/mol. The lowest BCUT2D eigenvalue weighted by molar-refractivity contribution is 0.00454. The maximum absolute atomic E-state index is 13.3. The highest BCUT2D eigenvalue weighted by Crippen LogP contribution is 2.31. The Morgan fingerprint density at radius 1 is 1.27 bits per heavy atom. The minimum atomic E-state index is -2.66. The lowest BCUT2D eigenvalue weighted by Gasteiger charge is -2.39. The fourth-order valence-corrected chi connectivity index (χ4v) is 4.03. The van der Waals surface area contributed by atoms with E-state index in [9.17, 15) is 13.9 Å². The smallest absolute Gasteiger partial charge is 0.261 e. The van der Waals surface area contributed by atoms with E-state index >= 15 is 0 Å². The quantitative estimate of drug-likeness (QED) is 0.667. The van der Waals surface area contributed by atoms with Crippen LogP contribution in [0.15, 0.2) is 36.7 Å². The molecule has 2 aliphatic heterocycles. The first kappa shape index (κ1) is 21.0. The summed E-state index contributed by atoms with van der Waals surface area (Å²) in [5.74, 6) is -1.53. The van der Waals surface area contributed by atoms with Gasteiger partial charge in [0.2, 0.25) is 0 Å². The van der Waals surface area contributed by atoms with Gasteiger partial charge in [-0.1, -0.05) is 6.07 Å². The average Bonchev–Trinajstić information content (AvgIpc) is 3.32. The van der Waals surface area contributed by atoms with Gasteiger partial charge in [-0.2, -0.15) is 5.10 Å². The summed E-state index contributed by atoms with van der Waals surface area (Å²) >= 11 is 0. The van der Waals surface area contributed by atoms with E-state index in [2.05, 4.69) is 10.00 Å². The number of alkyl halides is 2. The molecule has 0 radical (unpaired) electrons. The highest BCUT2D eigenvalue weighted by Gasteiger charge is 2.38. The molecule has 164 valence electrons. The van der Waals surface area contributed by atoms with E-state index in [0.29, 0.717) is 17.5 Å². The maximum Gasteiger partial charge on any atom is 0.261 e. The average molecular weight is 422 g/mol. The van der Waals surface area contributed by atoms with Crippen molar-refractivity contribution in [3.05, 3.63) is 42.2 Å². The van der Waals surface area contributed by atoms with Gasteiger partial charge in [0.05, 0.1) is 19.7 Å². The van der Waals surface area contributed by atoms with Crippen LogP contribution in [0.2, 0.25) is 0 Å². The van der Waals surface area contributed by atoms with Crippen molar-refractivity contribution in [1.82, 2.24) is 19.6 Å². The number of aromatic nitrogens is 2. The normalized spacial score (nSPS) is 20.8. The van der Waals surface area contributed by atoms with E-state index in [1.54, 1.807) is 18.2 Å². The summed E-state index contributed by atoms with van der Waals surface area (Å²) in [6.45, 7) is 2.82. The van der Waals surface area contributed by atoms with Gasteiger partial charge in [0.1, 0.15) is 12.7 Å². The molecule has 1 N–H and O–H groups in total. The van der Waals surface area contributed by atoms with Gasteiger partial charge < -0.3 is 14.6 Å². The minimum absolute atomic E-state index is 0.0208. The van der Waals surface area contributed by atoms with E-state index in [-0.39, 0.29) is 32.7 Å². The molecule has 0 saturated carbocycles. The standard InChI is InChI=1S/C21H28F2N4O3/c1-29-19-4-3-16(10-26-11-17(12-26)27-7-2-6-24-27)9-20(19)30-14-18(28)13-25-8-5-21(22,23)15-25/h2-4,6-7,9,17-18,28H,5,8,10-15H2,1H3. The molecule has 1 aromatic heterocycles.